The number of halogens is 2. The number of aryl methyl sites for hydroxylation is 1. The Labute approximate surface area is 165 Å². The van der Waals surface area contributed by atoms with E-state index in [-0.39, 0.29) is 11.7 Å². The van der Waals surface area contributed by atoms with Crippen molar-refractivity contribution in [3.05, 3.63) is 58.1 Å². The third kappa shape index (κ3) is 4.03. The third-order valence-corrected chi connectivity index (χ3v) is 5.43. The largest absolute Gasteiger partial charge is 0.323 e. The molecule has 0 saturated heterocycles. The van der Waals surface area contributed by atoms with Crippen molar-refractivity contribution in [1.29, 1.82) is 0 Å². The highest BCUT2D eigenvalue weighted by molar-refractivity contribution is 7.99. The van der Waals surface area contributed by atoms with E-state index in [0.29, 0.717) is 20.9 Å². The molecule has 0 fully saturated rings. The van der Waals surface area contributed by atoms with Crippen LogP contribution < -0.4 is 5.32 Å². The summed E-state index contributed by atoms with van der Waals surface area (Å²) in [6, 6.07) is 13.0. The lowest BCUT2D eigenvalue weighted by atomic mass is 10.1. The Morgan fingerprint density at radius 1 is 1.12 bits per heavy atom. The first-order valence-electron chi connectivity index (χ1n) is 7.79. The minimum atomic E-state index is -0.217. The maximum Gasteiger partial charge on any atom is 0.234 e. The molecule has 0 bridgehead atoms. The molecule has 1 amide bonds. The van der Waals surface area contributed by atoms with Crippen LogP contribution in [0.4, 0.5) is 5.69 Å². The number of hydrogen-bond donors (Lipinski definition) is 1. The summed E-state index contributed by atoms with van der Waals surface area (Å²) in [4.78, 5) is 12.2. The number of rotatable bonds is 5. The summed E-state index contributed by atoms with van der Waals surface area (Å²) in [5.41, 5.74) is 2.55. The van der Waals surface area contributed by atoms with Crippen molar-refractivity contribution in [1.82, 2.24) is 14.8 Å². The van der Waals surface area contributed by atoms with E-state index in [9.17, 15) is 4.79 Å². The minimum Gasteiger partial charge on any atom is -0.323 e. The fraction of sp³-hybridized carbons (Fsp3) is 0.167. The lowest BCUT2D eigenvalue weighted by molar-refractivity contribution is -0.113. The van der Waals surface area contributed by atoms with Gasteiger partial charge < -0.3 is 9.88 Å². The van der Waals surface area contributed by atoms with E-state index in [1.54, 1.807) is 18.2 Å². The molecule has 3 aromatic rings. The number of carbonyl (C=O) groups is 1. The van der Waals surface area contributed by atoms with Crippen LogP contribution >= 0.6 is 35.0 Å². The quantitative estimate of drug-likeness (QED) is 0.616. The van der Waals surface area contributed by atoms with E-state index in [1.807, 2.05) is 42.8 Å². The zero-order chi connectivity index (χ0) is 18.7. The van der Waals surface area contributed by atoms with Gasteiger partial charge in [-0.05, 0) is 24.6 Å². The number of amides is 1. The molecule has 1 aromatic heterocycles. The van der Waals surface area contributed by atoms with Crippen molar-refractivity contribution in [2.45, 2.75) is 12.1 Å². The van der Waals surface area contributed by atoms with Gasteiger partial charge in [-0.1, -0.05) is 65.3 Å². The van der Waals surface area contributed by atoms with Gasteiger partial charge in [0.05, 0.1) is 21.5 Å². The normalized spacial score (nSPS) is 10.8. The SMILES string of the molecule is Cc1ccccc1-c1nnc(SCC(=O)Nc2c(Cl)cccc2Cl)n1C. The number of thioether (sulfide) groups is 1. The number of nitrogens with zero attached hydrogens (tertiary/aromatic N) is 3. The van der Waals surface area contributed by atoms with Gasteiger partial charge in [-0.3, -0.25) is 4.79 Å². The van der Waals surface area contributed by atoms with Crippen LogP contribution in [0, 0.1) is 6.92 Å². The van der Waals surface area contributed by atoms with Crippen LogP contribution in [0.2, 0.25) is 10.0 Å². The van der Waals surface area contributed by atoms with Crippen LogP contribution in [0.3, 0.4) is 0 Å². The van der Waals surface area contributed by atoms with Crippen LogP contribution in [0.5, 0.6) is 0 Å². The summed E-state index contributed by atoms with van der Waals surface area (Å²) >= 11 is 13.4. The first kappa shape index (κ1) is 18.8. The third-order valence-electron chi connectivity index (χ3n) is 3.78. The zero-order valence-corrected chi connectivity index (χ0v) is 16.5. The number of nitrogens with one attached hydrogen (secondary N) is 1. The fourth-order valence-corrected chi connectivity index (χ4v) is 3.62. The van der Waals surface area contributed by atoms with E-state index >= 15 is 0 Å². The van der Waals surface area contributed by atoms with E-state index in [1.165, 1.54) is 11.8 Å². The Morgan fingerprint density at radius 3 is 2.50 bits per heavy atom. The predicted molar refractivity (Wildman–Crippen MR) is 107 cm³/mol. The zero-order valence-electron chi connectivity index (χ0n) is 14.2. The summed E-state index contributed by atoms with van der Waals surface area (Å²) in [7, 11) is 1.88. The fourth-order valence-electron chi connectivity index (χ4n) is 2.42. The van der Waals surface area contributed by atoms with Crippen molar-refractivity contribution >= 4 is 46.6 Å². The number of hydrogen-bond acceptors (Lipinski definition) is 4. The molecule has 0 aliphatic rings. The van der Waals surface area contributed by atoms with Crippen molar-refractivity contribution < 1.29 is 4.79 Å². The maximum absolute atomic E-state index is 12.2. The van der Waals surface area contributed by atoms with Gasteiger partial charge in [-0.25, -0.2) is 0 Å². The highest BCUT2D eigenvalue weighted by Gasteiger charge is 2.15. The van der Waals surface area contributed by atoms with Gasteiger partial charge in [0.1, 0.15) is 0 Å². The number of benzene rings is 2. The minimum absolute atomic E-state index is 0.168. The molecule has 5 nitrogen and oxygen atoms in total. The predicted octanol–water partition coefficient (Wildman–Crippen LogP) is 4.83. The lowest BCUT2D eigenvalue weighted by Crippen LogP contribution is -2.15. The number of aromatic nitrogens is 3. The number of anilines is 1. The Kier molecular flexibility index (Phi) is 5.86. The van der Waals surface area contributed by atoms with Crippen molar-refractivity contribution in [3.63, 3.8) is 0 Å². The maximum atomic E-state index is 12.2. The molecule has 0 spiro atoms. The van der Waals surface area contributed by atoms with Crippen LogP contribution in [0.15, 0.2) is 47.6 Å². The first-order chi connectivity index (χ1) is 12.5. The Hall–Kier alpha value is -2.02. The molecule has 134 valence electrons. The van der Waals surface area contributed by atoms with E-state index in [2.05, 4.69) is 15.5 Å². The highest BCUT2D eigenvalue weighted by Crippen LogP contribution is 2.30. The molecular weight excluding hydrogens is 391 g/mol. The first-order valence-corrected chi connectivity index (χ1v) is 9.53. The number of carbonyl (C=O) groups excluding carboxylic acids is 1. The molecule has 0 saturated carbocycles. The van der Waals surface area contributed by atoms with Crippen molar-refractivity contribution in [2.24, 2.45) is 7.05 Å². The van der Waals surface area contributed by atoms with Crippen LogP contribution in [0.25, 0.3) is 11.4 Å². The van der Waals surface area contributed by atoms with E-state index in [0.717, 1.165) is 17.0 Å². The van der Waals surface area contributed by atoms with Crippen LogP contribution in [-0.4, -0.2) is 26.4 Å². The van der Waals surface area contributed by atoms with Gasteiger partial charge >= 0.3 is 0 Å². The molecule has 8 heteroatoms. The second-order valence-corrected chi connectivity index (χ2v) is 7.37. The molecule has 1 heterocycles. The molecule has 1 N–H and O–H groups in total. The standard InChI is InChI=1S/C18H16Cl2N4OS/c1-11-6-3-4-7-12(11)17-22-23-18(24(17)2)26-10-15(25)21-16-13(19)8-5-9-14(16)20/h3-9H,10H2,1-2H3,(H,21,25). The second-order valence-electron chi connectivity index (χ2n) is 5.61. The molecule has 3 rings (SSSR count). The van der Waals surface area contributed by atoms with Gasteiger partial charge in [-0.2, -0.15) is 0 Å². The Morgan fingerprint density at radius 2 is 1.81 bits per heavy atom. The smallest absolute Gasteiger partial charge is 0.234 e. The monoisotopic (exact) mass is 406 g/mol. The Bertz CT molecular complexity index is 938. The highest BCUT2D eigenvalue weighted by atomic mass is 35.5. The molecule has 0 aliphatic heterocycles. The van der Waals surface area contributed by atoms with Gasteiger partial charge in [-0.15, -0.1) is 10.2 Å². The summed E-state index contributed by atoms with van der Waals surface area (Å²) in [6.45, 7) is 2.03. The summed E-state index contributed by atoms with van der Waals surface area (Å²) in [5, 5.41) is 12.6. The molecule has 26 heavy (non-hydrogen) atoms. The van der Waals surface area contributed by atoms with Crippen molar-refractivity contribution in [2.75, 3.05) is 11.1 Å². The average molecular weight is 407 g/mol. The summed E-state index contributed by atoms with van der Waals surface area (Å²) < 4.78 is 1.88. The van der Waals surface area contributed by atoms with Gasteiger partial charge in [0.15, 0.2) is 11.0 Å². The van der Waals surface area contributed by atoms with Crippen LogP contribution in [-0.2, 0) is 11.8 Å². The lowest BCUT2D eigenvalue weighted by Gasteiger charge is -2.09. The van der Waals surface area contributed by atoms with E-state index in [4.69, 9.17) is 23.2 Å². The topological polar surface area (TPSA) is 59.8 Å². The number of para-hydroxylation sites is 1. The Balaban J connectivity index is 1.69. The van der Waals surface area contributed by atoms with Crippen molar-refractivity contribution in [3.8, 4) is 11.4 Å². The van der Waals surface area contributed by atoms with Gasteiger partial charge in [0.2, 0.25) is 5.91 Å². The second kappa shape index (κ2) is 8.12. The summed E-state index contributed by atoms with van der Waals surface area (Å²) in [6.07, 6.45) is 0. The van der Waals surface area contributed by atoms with Gasteiger partial charge in [0, 0.05) is 12.6 Å². The average Bonchev–Trinajstić information content (AvgIpc) is 2.97. The molecule has 0 aliphatic carbocycles. The van der Waals surface area contributed by atoms with Gasteiger partial charge in [0.25, 0.3) is 0 Å². The molecule has 0 atom stereocenters. The molecule has 2 aromatic carbocycles. The van der Waals surface area contributed by atoms with Crippen LogP contribution in [0.1, 0.15) is 5.56 Å². The molecule has 0 radical (unpaired) electrons. The molecular formula is C18H16Cl2N4OS. The van der Waals surface area contributed by atoms with E-state index < -0.39 is 0 Å². The summed E-state index contributed by atoms with van der Waals surface area (Å²) in [5.74, 6) is 0.715. The molecule has 0 unspecified atom stereocenters.